The number of carboxylic acid groups (broad SMARTS) is 1. The van der Waals surface area contributed by atoms with Gasteiger partial charge < -0.3 is 20.5 Å². The molecule has 0 saturated heterocycles. The van der Waals surface area contributed by atoms with Gasteiger partial charge in [0.1, 0.15) is 6.61 Å². The second-order valence-electron chi connectivity index (χ2n) is 4.61. The Kier molecular flexibility index (Phi) is 5.09. The summed E-state index contributed by atoms with van der Waals surface area (Å²) < 4.78 is 4.85. The average molecular weight is 278 g/mol. The second kappa shape index (κ2) is 7.02. The summed E-state index contributed by atoms with van der Waals surface area (Å²) in [6.07, 6.45) is 0.986. The van der Waals surface area contributed by atoms with Crippen LogP contribution in [0.25, 0.3) is 0 Å². The average Bonchev–Trinajstić information content (AvgIpc) is 2.46. The predicted octanol–water partition coefficient (Wildman–Crippen LogP) is 0.163. The summed E-state index contributed by atoms with van der Waals surface area (Å²) in [5, 5.41) is 14.4. The van der Waals surface area contributed by atoms with E-state index in [0.29, 0.717) is 12.1 Å². The maximum atomic E-state index is 11.9. The third kappa shape index (κ3) is 4.04. The molecule has 6 heteroatoms. The van der Waals surface area contributed by atoms with Crippen molar-refractivity contribution in [3.63, 3.8) is 0 Å². The van der Waals surface area contributed by atoms with Crippen molar-refractivity contribution in [2.75, 3.05) is 26.3 Å². The molecule has 1 aromatic rings. The maximum absolute atomic E-state index is 11.9. The molecule has 0 bridgehead atoms. The van der Waals surface area contributed by atoms with Crippen LogP contribution in [0, 0.1) is 0 Å². The van der Waals surface area contributed by atoms with Crippen LogP contribution in [0.15, 0.2) is 18.2 Å². The van der Waals surface area contributed by atoms with Crippen LogP contribution >= 0.6 is 0 Å². The molecule has 0 fully saturated rings. The van der Waals surface area contributed by atoms with E-state index in [2.05, 4.69) is 10.6 Å². The SMILES string of the molecule is O=C(O)COCCNC(=O)c1ccc2c(c1)CNCC2. The Morgan fingerprint density at radius 2 is 2.20 bits per heavy atom. The molecule has 0 saturated carbocycles. The summed E-state index contributed by atoms with van der Waals surface area (Å²) >= 11 is 0. The Morgan fingerprint density at radius 3 is 3.00 bits per heavy atom. The number of rotatable bonds is 6. The first kappa shape index (κ1) is 14.5. The zero-order valence-corrected chi connectivity index (χ0v) is 11.1. The van der Waals surface area contributed by atoms with Crippen molar-refractivity contribution in [3.8, 4) is 0 Å². The van der Waals surface area contributed by atoms with Gasteiger partial charge in [-0.2, -0.15) is 0 Å². The standard InChI is InChI=1S/C14H18N2O4/c17-13(18)9-20-6-5-16-14(19)11-2-1-10-3-4-15-8-12(10)7-11/h1-2,7,15H,3-6,8-9H2,(H,16,19)(H,17,18). The van der Waals surface area contributed by atoms with Gasteiger partial charge in [-0.05, 0) is 36.2 Å². The normalized spacial score (nSPS) is 13.6. The van der Waals surface area contributed by atoms with E-state index in [0.717, 1.165) is 25.1 Å². The zero-order chi connectivity index (χ0) is 14.4. The van der Waals surface area contributed by atoms with Crippen molar-refractivity contribution in [2.24, 2.45) is 0 Å². The highest BCUT2D eigenvalue weighted by atomic mass is 16.5. The molecule has 6 nitrogen and oxygen atoms in total. The first-order chi connectivity index (χ1) is 9.66. The zero-order valence-electron chi connectivity index (χ0n) is 11.1. The van der Waals surface area contributed by atoms with Crippen LogP contribution in [0.5, 0.6) is 0 Å². The number of ether oxygens (including phenoxy) is 1. The van der Waals surface area contributed by atoms with Gasteiger partial charge in [-0.15, -0.1) is 0 Å². The number of nitrogens with one attached hydrogen (secondary N) is 2. The highest BCUT2D eigenvalue weighted by molar-refractivity contribution is 5.94. The fourth-order valence-electron chi connectivity index (χ4n) is 2.12. The van der Waals surface area contributed by atoms with Gasteiger partial charge >= 0.3 is 5.97 Å². The lowest BCUT2D eigenvalue weighted by molar-refractivity contribution is -0.142. The van der Waals surface area contributed by atoms with Crippen molar-refractivity contribution >= 4 is 11.9 Å². The fourth-order valence-corrected chi connectivity index (χ4v) is 2.12. The van der Waals surface area contributed by atoms with E-state index >= 15 is 0 Å². The quantitative estimate of drug-likeness (QED) is 0.645. The topological polar surface area (TPSA) is 87.7 Å². The summed E-state index contributed by atoms with van der Waals surface area (Å²) in [6.45, 7) is 1.89. The molecule has 108 valence electrons. The van der Waals surface area contributed by atoms with E-state index in [1.165, 1.54) is 5.56 Å². The Balaban J connectivity index is 1.82. The number of hydrogen-bond acceptors (Lipinski definition) is 4. The van der Waals surface area contributed by atoms with Crippen LogP contribution in [-0.2, 0) is 22.5 Å². The van der Waals surface area contributed by atoms with Crippen molar-refractivity contribution in [1.82, 2.24) is 10.6 Å². The summed E-state index contributed by atoms with van der Waals surface area (Å²) in [5.41, 5.74) is 3.06. The van der Waals surface area contributed by atoms with E-state index in [-0.39, 0.29) is 19.1 Å². The molecule has 1 heterocycles. The summed E-state index contributed by atoms with van der Waals surface area (Å²) in [4.78, 5) is 22.2. The molecule has 1 aliphatic heterocycles. The summed E-state index contributed by atoms with van der Waals surface area (Å²) in [5.74, 6) is -1.18. The van der Waals surface area contributed by atoms with E-state index in [1.54, 1.807) is 0 Å². The second-order valence-corrected chi connectivity index (χ2v) is 4.61. The van der Waals surface area contributed by atoms with E-state index in [4.69, 9.17) is 9.84 Å². The van der Waals surface area contributed by atoms with Crippen LogP contribution < -0.4 is 10.6 Å². The minimum absolute atomic E-state index is 0.169. The van der Waals surface area contributed by atoms with Crippen LogP contribution in [0.3, 0.4) is 0 Å². The van der Waals surface area contributed by atoms with Crippen molar-refractivity contribution in [2.45, 2.75) is 13.0 Å². The smallest absolute Gasteiger partial charge is 0.329 e. The van der Waals surface area contributed by atoms with Crippen molar-refractivity contribution < 1.29 is 19.4 Å². The molecule has 0 spiro atoms. The minimum Gasteiger partial charge on any atom is -0.480 e. The Labute approximate surface area is 117 Å². The van der Waals surface area contributed by atoms with Crippen LogP contribution in [-0.4, -0.2) is 43.3 Å². The number of benzene rings is 1. The van der Waals surface area contributed by atoms with Gasteiger partial charge in [0.15, 0.2) is 0 Å². The molecule has 0 aromatic heterocycles. The Hall–Kier alpha value is -1.92. The number of amides is 1. The summed E-state index contributed by atoms with van der Waals surface area (Å²) in [6, 6.07) is 5.71. The van der Waals surface area contributed by atoms with Crippen LogP contribution in [0.1, 0.15) is 21.5 Å². The molecule has 0 unspecified atom stereocenters. The lowest BCUT2D eigenvalue weighted by Crippen LogP contribution is -2.29. The number of fused-ring (bicyclic) bond motifs is 1. The third-order valence-corrected chi connectivity index (χ3v) is 3.11. The van der Waals surface area contributed by atoms with Crippen molar-refractivity contribution in [3.05, 3.63) is 34.9 Å². The number of aliphatic carboxylic acids is 1. The first-order valence-electron chi connectivity index (χ1n) is 6.57. The van der Waals surface area contributed by atoms with Crippen molar-refractivity contribution in [1.29, 1.82) is 0 Å². The molecule has 1 aromatic carbocycles. The largest absolute Gasteiger partial charge is 0.480 e. The van der Waals surface area contributed by atoms with Gasteiger partial charge in [-0.3, -0.25) is 4.79 Å². The Morgan fingerprint density at radius 1 is 1.35 bits per heavy atom. The summed E-state index contributed by atoms with van der Waals surface area (Å²) in [7, 11) is 0. The van der Waals surface area contributed by atoms with Crippen LogP contribution in [0.4, 0.5) is 0 Å². The van der Waals surface area contributed by atoms with E-state index in [9.17, 15) is 9.59 Å². The molecule has 1 amide bonds. The molecule has 20 heavy (non-hydrogen) atoms. The predicted molar refractivity (Wildman–Crippen MR) is 72.6 cm³/mol. The van der Waals surface area contributed by atoms with Gasteiger partial charge in [-0.1, -0.05) is 6.07 Å². The minimum atomic E-state index is -1.02. The third-order valence-electron chi connectivity index (χ3n) is 3.11. The molecule has 2 rings (SSSR count). The monoisotopic (exact) mass is 278 g/mol. The molecule has 0 atom stereocenters. The highest BCUT2D eigenvalue weighted by Crippen LogP contribution is 2.15. The van der Waals surface area contributed by atoms with E-state index < -0.39 is 5.97 Å². The van der Waals surface area contributed by atoms with Gasteiger partial charge in [0.2, 0.25) is 0 Å². The molecular formula is C14H18N2O4. The number of carbonyl (C=O) groups excluding carboxylic acids is 1. The van der Waals surface area contributed by atoms with E-state index in [1.807, 2.05) is 18.2 Å². The maximum Gasteiger partial charge on any atom is 0.329 e. The number of carboxylic acids is 1. The molecule has 1 aliphatic rings. The molecule has 0 radical (unpaired) electrons. The van der Waals surface area contributed by atoms with Gasteiger partial charge in [0.25, 0.3) is 5.91 Å². The highest BCUT2D eigenvalue weighted by Gasteiger charge is 2.12. The Bertz CT molecular complexity index is 502. The van der Waals surface area contributed by atoms with Crippen LogP contribution in [0.2, 0.25) is 0 Å². The number of hydrogen-bond donors (Lipinski definition) is 3. The fraction of sp³-hybridized carbons (Fsp3) is 0.429. The lowest BCUT2D eigenvalue weighted by atomic mass is 9.98. The molecule has 0 aliphatic carbocycles. The molecular weight excluding hydrogens is 260 g/mol. The first-order valence-corrected chi connectivity index (χ1v) is 6.57. The lowest BCUT2D eigenvalue weighted by Gasteiger charge is -2.17. The molecule has 3 N–H and O–H groups in total. The van der Waals surface area contributed by atoms with Gasteiger partial charge in [-0.25, -0.2) is 4.79 Å². The van der Waals surface area contributed by atoms with Gasteiger partial charge in [0.05, 0.1) is 6.61 Å². The number of carbonyl (C=O) groups is 2. The van der Waals surface area contributed by atoms with Gasteiger partial charge in [0, 0.05) is 18.7 Å².